The molecule has 2 aromatic rings. The average molecular weight is 294 g/mol. The zero-order chi connectivity index (χ0) is 14.4. The van der Waals surface area contributed by atoms with Gasteiger partial charge in [0, 0.05) is 27.7 Å². The van der Waals surface area contributed by atoms with Crippen LogP contribution in [0, 0.1) is 0 Å². The number of hydrogen-bond donors (Lipinski definition) is 1. The minimum atomic E-state index is -0.383. The molecule has 0 bridgehead atoms. The molecule has 20 heavy (non-hydrogen) atoms. The van der Waals surface area contributed by atoms with Gasteiger partial charge in [0.05, 0.1) is 6.54 Å². The number of aryl methyl sites for hydroxylation is 2. The fourth-order valence-electron chi connectivity index (χ4n) is 2.18. The van der Waals surface area contributed by atoms with Crippen molar-refractivity contribution in [1.29, 1.82) is 0 Å². The predicted molar refractivity (Wildman–Crippen MR) is 77.4 cm³/mol. The summed E-state index contributed by atoms with van der Waals surface area (Å²) < 4.78 is 4.23. The Hall–Kier alpha value is -2.03. The molecule has 0 saturated carbocycles. The monoisotopic (exact) mass is 294 g/mol. The van der Waals surface area contributed by atoms with Crippen LogP contribution in [-0.4, -0.2) is 36.9 Å². The highest BCUT2D eigenvalue weighted by molar-refractivity contribution is 8.13. The molecule has 3 heterocycles. The van der Waals surface area contributed by atoms with Gasteiger partial charge in [-0.15, -0.1) is 0 Å². The van der Waals surface area contributed by atoms with E-state index in [9.17, 15) is 9.59 Å². The van der Waals surface area contributed by atoms with Gasteiger partial charge in [-0.3, -0.25) is 18.9 Å². The van der Waals surface area contributed by atoms with Gasteiger partial charge in [-0.2, -0.15) is 0 Å². The number of nitrogens with one attached hydrogen (secondary N) is 1. The Bertz CT molecular complexity index is 843. The van der Waals surface area contributed by atoms with Gasteiger partial charge < -0.3 is 9.88 Å². The molecule has 8 nitrogen and oxygen atoms in total. The van der Waals surface area contributed by atoms with Crippen LogP contribution in [-0.2, 0) is 21.1 Å². The topological polar surface area (TPSA) is 86.2 Å². The summed E-state index contributed by atoms with van der Waals surface area (Å²) in [7, 11) is 4.87. The van der Waals surface area contributed by atoms with Gasteiger partial charge in [-0.25, -0.2) is 9.78 Å². The van der Waals surface area contributed by atoms with Crippen LogP contribution in [0.2, 0.25) is 0 Å². The highest BCUT2D eigenvalue weighted by Gasteiger charge is 2.19. The van der Waals surface area contributed by atoms with E-state index in [1.807, 2.05) is 0 Å². The van der Waals surface area contributed by atoms with Crippen LogP contribution in [0.4, 0.5) is 0 Å². The Morgan fingerprint density at radius 2 is 1.90 bits per heavy atom. The molecule has 1 N–H and O–H groups in total. The zero-order valence-electron chi connectivity index (χ0n) is 11.4. The van der Waals surface area contributed by atoms with E-state index in [4.69, 9.17) is 0 Å². The average Bonchev–Trinajstić information content (AvgIpc) is 3.04. The fraction of sp³-hybridized carbons (Fsp3) is 0.455. The molecule has 0 aromatic carbocycles. The van der Waals surface area contributed by atoms with E-state index in [0.29, 0.717) is 10.8 Å². The lowest BCUT2D eigenvalue weighted by molar-refractivity contribution is 0.691. The Morgan fingerprint density at radius 3 is 2.55 bits per heavy atom. The van der Waals surface area contributed by atoms with Crippen LogP contribution in [0.5, 0.6) is 0 Å². The first-order valence-corrected chi connectivity index (χ1v) is 6.91. The third-order valence-electron chi connectivity index (χ3n) is 3.25. The van der Waals surface area contributed by atoms with E-state index in [-0.39, 0.29) is 16.8 Å². The first kappa shape index (κ1) is 13.0. The molecule has 3 rings (SSSR count). The molecule has 106 valence electrons. The second-order valence-corrected chi connectivity index (χ2v) is 5.50. The van der Waals surface area contributed by atoms with Crippen LogP contribution in [0.25, 0.3) is 11.2 Å². The molecule has 1 aliphatic heterocycles. The van der Waals surface area contributed by atoms with Gasteiger partial charge in [0.25, 0.3) is 5.56 Å². The first-order chi connectivity index (χ1) is 9.50. The van der Waals surface area contributed by atoms with Crippen LogP contribution >= 0.6 is 11.8 Å². The summed E-state index contributed by atoms with van der Waals surface area (Å²) in [6.07, 6.45) is 0. The minimum Gasteiger partial charge on any atom is -0.363 e. The quantitative estimate of drug-likeness (QED) is 0.731. The maximum atomic E-state index is 12.1. The molecule has 2 aromatic heterocycles. The summed E-state index contributed by atoms with van der Waals surface area (Å²) in [5, 5.41) is 4.55. The predicted octanol–water partition coefficient (Wildman–Crippen LogP) is -0.978. The molecule has 9 heteroatoms. The third kappa shape index (κ3) is 1.77. The number of aliphatic imine (C=N–C) groups is 1. The van der Waals surface area contributed by atoms with Crippen molar-refractivity contribution < 1.29 is 0 Å². The highest BCUT2D eigenvalue weighted by Crippen LogP contribution is 2.21. The molecule has 0 unspecified atom stereocenters. The maximum absolute atomic E-state index is 12.1. The van der Waals surface area contributed by atoms with Crippen LogP contribution in [0.3, 0.4) is 0 Å². The van der Waals surface area contributed by atoms with Crippen molar-refractivity contribution in [3.05, 3.63) is 20.8 Å². The summed E-state index contributed by atoms with van der Waals surface area (Å²) in [6.45, 7) is 1.55. The molecule has 0 spiro atoms. The molecule has 0 saturated heterocycles. The van der Waals surface area contributed by atoms with Crippen molar-refractivity contribution >= 4 is 28.1 Å². The largest absolute Gasteiger partial charge is 0.363 e. The van der Waals surface area contributed by atoms with Crippen molar-refractivity contribution in [3.63, 3.8) is 0 Å². The molecule has 0 aliphatic carbocycles. The van der Waals surface area contributed by atoms with E-state index < -0.39 is 0 Å². The molecule has 0 amide bonds. The summed E-state index contributed by atoms with van der Waals surface area (Å²) in [5.74, 6) is 0. The number of hydrogen-bond acceptors (Lipinski definition) is 6. The highest BCUT2D eigenvalue weighted by atomic mass is 32.2. The number of imidazole rings is 1. The second-order valence-electron chi connectivity index (χ2n) is 4.55. The van der Waals surface area contributed by atoms with Gasteiger partial charge in [0.15, 0.2) is 21.5 Å². The molecule has 0 radical (unpaired) electrons. The molecule has 0 atom stereocenters. The van der Waals surface area contributed by atoms with Gasteiger partial charge in [0.2, 0.25) is 0 Å². The Balaban J connectivity index is 2.24. The van der Waals surface area contributed by atoms with E-state index in [1.54, 1.807) is 18.7 Å². The van der Waals surface area contributed by atoms with Crippen LogP contribution in [0.1, 0.15) is 0 Å². The third-order valence-corrected chi connectivity index (χ3v) is 4.27. The zero-order valence-corrected chi connectivity index (χ0v) is 12.2. The molecular weight excluding hydrogens is 280 g/mol. The number of amidine groups is 1. The van der Waals surface area contributed by atoms with Crippen molar-refractivity contribution in [2.75, 3.05) is 13.1 Å². The fourth-order valence-corrected chi connectivity index (χ4v) is 3.04. The van der Waals surface area contributed by atoms with E-state index in [2.05, 4.69) is 15.3 Å². The lowest BCUT2D eigenvalue weighted by atomic mass is 10.5. The molecule has 1 aliphatic rings. The van der Waals surface area contributed by atoms with Crippen molar-refractivity contribution in [1.82, 2.24) is 24.0 Å². The summed E-state index contributed by atoms with van der Waals surface area (Å²) in [5.41, 5.74) is 0.0580. The van der Waals surface area contributed by atoms with Crippen LogP contribution in [0.15, 0.2) is 19.7 Å². The Kier molecular flexibility index (Phi) is 2.93. The van der Waals surface area contributed by atoms with E-state index in [1.165, 1.54) is 23.4 Å². The van der Waals surface area contributed by atoms with Gasteiger partial charge >= 0.3 is 5.69 Å². The first-order valence-electron chi connectivity index (χ1n) is 6.09. The summed E-state index contributed by atoms with van der Waals surface area (Å²) in [6, 6.07) is 0. The van der Waals surface area contributed by atoms with Crippen molar-refractivity contribution in [3.8, 4) is 0 Å². The summed E-state index contributed by atoms with van der Waals surface area (Å²) in [4.78, 5) is 32.7. The van der Waals surface area contributed by atoms with Crippen molar-refractivity contribution in [2.45, 2.75) is 5.16 Å². The Morgan fingerprint density at radius 1 is 1.15 bits per heavy atom. The number of aromatic nitrogens is 4. The maximum Gasteiger partial charge on any atom is 0.332 e. The molecule has 0 fully saturated rings. The Labute approximate surface area is 118 Å². The smallest absolute Gasteiger partial charge is 0.332 e. The van der Waals surface area contributed by atoms with E-state index in [0.717, 1.165) is 22.8 Å². The normalized spacial score (nSPS) is 14.7. The second kappa shape index (κ2) is 4.51. The van der Waals surface area contributed by atoms with Crippen LogP contribution < -0.4 is 16.6 Å². The number of rotatable bonds is 1. The lowest BCUT2D eigenvalue weighted by Gasteiger charge is -2.06. The number of nitrogens with zero attached hydrogens (tertiary/aromatic N) is 5. The van der Waals surface area contributed by atoms with Gasteiger partial charge in [-0.05, 0) is 11.8 Å². The van der Waals surface area contributed by atoms with E-state index >= 15 is 0 Å². The van der Waals surface area contributed by atoms with Crippen molar-refractivity contribution in [2.24, 2.45) is 26.1 Å². The minimum absolute atomic E-state index is 0.290. The number of fused-ring (bicyclic) bond motifs is 1. The lowest BCUT2D eigenvalue weighted by Crippen LogP contribution is -2.37. The SMILES string of the molecule is Cn1c(=O)c2nc(SC3=NCCN3)n(C)c2n(C)c1=O. The standard InChI is InChI=1S/C11H14N6O2S/c1-15-7-6(8(18)17(3)11(19)16(7)2)14-10(15)20-9-12-4-5-13-9/h4-5H2,1-3H3,(H,12,13). The van der Waals surface area contributed by atoms with Gasteiger partial charge in [0.1, 0.15) is 0 Å². The van der Waals surface area contributed by atoms with Gasteiger partial charge in [-0.1, -0.05) is 0 Å². The summed E-state index contributed by atoms with van der Waals surface area (Å²) >= 11 is 1.36. The number of thioether (sulfide) groups is 1. The molecular formula is C11H14N6O2S.